The molecule has 0 spiro atoms. The predicted molar refractivity (Wildman–Crippen MR) is 114 cm³/mol. The van der Waals surface area contributed by atoms with Crippen LogP contribution < -0.4 is 10.6 Å². The molecule has 8 heteroatoms. The SMILES string of the molecule is COCCn1cc(NC(=O)NCCCN2CCN(C)CC2c2ccccc2)cn1. The van der Waals surface area contributed by atoms with E-state index in [1.165, 1.54) is 5.56 Å². The second-order valence-corrected chi connectivity index (χ2v) is 7.44. The number of piperazine rings is 1. The molecule has 158 valence electrons. The van der Waals surface area contributed by atoms with Crippen molar-refractivity contribution in [1.82, 2.24) is 24.9 Å². The van der Waals surface area contributed by atoms with Gasteiger partial charge in [-0.3, -0.25) is 9.58 Å². The second-order valence-electron chi connectivity index (χ2n) is 7.44. The number of hydrogen-bond donors (Lipinski definition) is 2. The van der Waals surface area contributed by atoms with Crippen molar-refractivity contribution in [3.63, 3.8) is 0 Å². The molecule has 1 aliphatic rings. The Morgan fingerprint density at radius 2 is 2.07 bits per heavy atom. The average Bonchev–Trinajstić information content (AvgIpc) is 3.18. The van der Waals surface area contributed by atoms with Crippen LogP contribution in [0.2, 0.25) is 0 Å². The third kappa shape index (κ3) is 6.56. The number of rotatable bonds is 9. The molecular weight excluding hydrogens is 368 g/mol. The van der Waals surface area contributed by atoms with Gasteiger partial charge in [0.25, 0.3) is 0 Å². The second kappa shape index (κ2) is 10.9. The highest BCUT2D eigenvalue weighted by Crippen LogP contribution is 2.24. The maximum absolute atomic E-state index is 12.1. The molecule has 8 nitrogen and oxygen atoms in total. The molecule has 29 heavy (non-hydrogen) atoms. The number of amides is 2. The maximum atomic E-state index is 12.1. The normalized spacial score (nSPS) is 17.9. The van der Waals surface area contributed by atoms with Crippen molar-refractivity contribution < 1.29 is 9.53 Å². The van der Waals surface area contributed by atoms with Gasteiger partial charge in [0, 0.05) is 52.1 Å². The smallest absolute Gasteiger partial charge is 0.319 e. The fourth-order valence-corrected chi connectivity index (χ4v) is 3.61. The van der Waals surface area contributed by atoms with E-state index in [1.54, 1.807) is 24.2 Å². The van der Waals surface area contributed by atoms with Gasteiger partial charge in [0.2, 0.25) is 0 Å². The fourth-order valence-electron chi connectivity index (χ4n) is 3.61. The monoisotopic (exact) mass is 400 g/mol. The first-order valence-electron chi connectivity index (χ1n) is 10.2. The Bertz CT molecular complexity index is 751. The molecule has 1 aromatic carbocycles. The van der Waals surface area contributed by atoms with Crippen LogP contribution in [0.4, 0.5) is 10.5 Å². The van der Waals surface area contributed by atoms with E-state index in [0.717, 1.165) is 32.6 Å². The largest absolute Gasteiger partial charge is 0.383 e. The number of hydrogen-bond acceptors (Lipinski definition) is 5. The summed E-state index contributed by atoms with van der Waals surface area (Å²) < 4.78 is 6.77. The molecule has 1 saturated heterocycles. The third-order valence-corrected chi connectivity index (χ3v) is 5.20. The summed E-state index contributed by atoms with van der Waals surface area (Å²) in [5.41, 5.74) is 2.04. The number of aromatic nitrogens is 2. The van der Waals surface area contributed by atoms with Gasteiger partial charge in [-0.05, 0) is 19.0 Å². The van der Waals surface area contributed by atoms with Gasteiger partial charge < -0.3 is 20.3 Å². The molecular formula is C21H32N6O2. The van der Waals surface area contributed by atoms with Crippen molar-refractivity contribution in [2.75, 3.05) is 58.8 Å². The zero-order chi connectivity index (χ0) is 20.5. The van der Waals surface area contributed by atoms with Gasteiger partial charge in [-0.15, -0.1) is 0 Å². The van der Waals surface area contributed by atoms with E-state index in [9.17, 15) is 4.79 Å². The van der Waals surface area contributed by atoms with E-state index in [1.807, 2.05) is 0 Å². The fraction of sp³-hybridized carbons (Fsp3) is 0.524. The highest BCUT2D eigenvalue weighted by molar-refractivity contribution is 5.88. The molecule has 2 aromatic rings. The molecule has 0 saturated carbocycles. The number of urea groups is 1. The lowest BCUT2D eigenvalue weighted by Crippen LogP contribution is -2.47. The van der Waals surface area contributed by atoms with E-state index in [0.29, 0.717) is 31.4 Å². The van der Waals surface area contributed by atoms with Crippen molar-refractivity contribution in [2.45, 2.75) is 19.0 Å². The lowest BCUT2D eigenvalue weighted by atomic mass is 10.0. The molecule has 0 radical (unpaired) electrons. The number of benzene rings is 1. The molecule has 1 aliphatic heterocycles. The molecule has 2 N–H and O–H groups in total. The zero-order valence-electron chi connectivity index (χ0n) is 17.4. The van der Waals surface area contributed by atoms with Gasteiger partial charge in [-0.2, -0.15) is 5.10 Å². The minimum atomic E-state index is -0.200. The van der Waals surface area contributed by atoms with Gasteiger partial charge in [-0.1, -0.05) is 30.3 Å². The molecule has 1 aromatic heterocycles. The first-order valence-corrected chi connectivity index (χ1v) is 10.2. The van der Waals surface area contributed by atoms with Crippen molar-refractivity contribution >= 4 is 11.7 Å². The van der Waals surface area contributed by atoms with Crippen LogP contribution in [0.5, 0.6) is 0 Å². The van der Waals surface area contributed by atoms with E-state index in [2.05, 4.69) is 62.9 Å². The van der Waals surface area contributed by atoms with Gasteiger partial charge in [0.15, 0.2) is 0 Å². The number of methoxy groups -OCH3 is 1. The predicted octanol–water partition coefficient (Wildman–Crippen LogP) is 2.03. The number of ether oxygens (including phenoxy) is 1. The summed E-state index contributed by atoms with van der Waals surface area (Å²) in [7, 11) is 3.83. The highest BCUT2D eigenvalue weighted by Gasteiger charge is 2.25. The summed E-state index contributed by atoms with van der Waals surface area (Å²) >= 11 is 0. The van der Waals surface area contributed by atoms with Crippen molar-refractivity contribution in [3.8, 4) is 0 Å². The van der Waals surface area contributed by atoms with Crippen LogP contribution in [-0.2, 0) is 11.3 Å². The van der Waals surface area contributed by atoms with E-state index in [4.69, 9.17) is 4.74 Å². The van der Waals surface area contributed by atoms with Crippen LogP contribution >= 0.6 is 0 Å². The molecule has 2 heterocycles. The average molecular weight is 401 g/mol. The Balaban J connectivity index is 1.40. The molecule has 1 atom stereocenters. The summed E-state index contributed by atoms with van der Waals surface area (Å²) in [6, 6.07) is 10.9. The molecule has 1 fully saturated rings. The summed E-state index contributed by atoms with van der Waals surface area (Å²) in [5.74, 6) is 0. The van der Waals surface area contributed by atoms with Gasteiger partial charge in [0.1, 0.15) is 0 Å². The van der Waals surface area contributed by atoms with Gasteiger partial charge >= 0.3 is 6.03 Å². The number of nitrogens with zero attached hydrogens (tertiary/aromatic N) is 4. The van der Waals surface area contributed by atoms with E-state index in [-0.39, 0.29) is 6.03 Å². The Kier molecular flexibility index (Phi) is 8.03. The highest BCUT2D eigenvalue weighted by atomic mass is 16.5. The van der Waals surface area contributed by atoms with Crippen molar-refractivity contribution in [2.24, 2.45) is 0 Å². The minimum Gasteiger partial charge on any atom is -0.383 e. The molecule has 1 unspecified atom stereocenters. The standard InChI is InChI=1S/C21H32N6O2/c1-25-11-12-26(20(17-25)18-7-4-3-5-8-18)10-6-9-22-21(28)24-19-15-23-27(16-19)13-14-29-2/h3-5,7-8,15-16,20H,6,9-14,17H2,1-2H3,(H2,22,24,28). The Hall–Kier alpha value is -2.42. The van der Waals surface area contributed by atoms with E-state index < -0.39 is 0 Å². The molecule has 0 aliphatic carbocycles. The number of anilines is 1. The van der Waals surface area contributed by atoms with Gasteiger partial charge in [-0.25, -0.2) is 4.79 Å². The van der Waals surface area contributed by atoms with Crippen LogP contribution in [0.25, 0.3) is 0 Å². The maximum Gasteiger partial charge on any atom is 0.319 e. The summed E-state index contributed by atoms with van der Waals surface area (Å²) in [5, 5.41) is 9.95. The summed E-state index contributed by atoms with van der Waals surface area (Å²) in [6.45, 7) is 6.00. The number of carbonyl (C=O) groups is 1. The zero-order valence-corrected chi connectivity index (χ0v) is 17.4. The minimum absolute atomic E-state index is 0.200. The lowest BCUT2D eigenvalue weighted by molar-refractivity contribution is 0.0890. The van der Waals surface area contributed by atoms with Crippen molar-refractivity contribution in [1.29, 1.82) is 0 Å². The van der Waals surface area contributed by atoms with Gasteiger partial charge in [0.05, 0.1) is 25.0 Å². The first kappa shape index (κ1) is 21.3. The summed E-state index contributed by atoms with van der Waals surface area (Å²) in [4.78, 5) is 17.0. The topological polar surface area (TPSA) is 74.7 Å². The lowest BCUT2D eigenvalue weighted by Gasteiger charge is -2.40. The quantitative estimate of drug-likeness (QED) is 0.630. The Labute approximate surface area is 172 Å². The molecule has 0 bridgehead atoms. The van der Waals surface area contributed by atoms with Crippen LogP contribution in [0.1, 0.15) is 18.0 Å². The third-order valence-electron chi connectivity index (χ3n) is 5.20. The van der Waals surface area contributed by atoms with Crippen LogP contribution in [0.15, 0.2) is 42.7 Å². The van der Waals surface area contributed by atoms with Crippen LogP contribution in [-0.4, -0.2) is 79.1 Å². The summed E-state index contributed by atoms with van der Waals surface area (Å²) in [6.07, 6.45) is 4.35. The number of carbonyl (C=O) groups excluding carboxylic acids is 1. The Morgan fingerprint density at radius 1 is 1.24 bits per heavy atom. The molecule has 3 rings (SSSR count). The number of likely N-dealkylation sites (N-methyl/N-ethyl adjacent to an activating group) is 1. The Morgan fingerprint density at radius 3 is 2.86 bits per heavy atom. The van der Waals surface area contributed by atoms with E-state index >= 15 is 0 Å². The van der Waals surface area contributed by atoms with Crippen LogP contribution in [0, 0.1) is 0 Å². The van der Waals surface area contributed by atoms with Crippen LogP contribution in [0.3, 0.4) is 0 Å². The number of nitrogens with one attached hydrogen (secondary N) is 2. The van der Waals surface area contributed by atoms with Crippen molar-refractivity contribution in [3.05, 3.63) is 48.3 Å². The molecule has 2 amide bonds. The first-order chi connectivity index (χ1) is 14.2.